The molecule has 1 rings (SSSR count). The minimum Gasteiger partial charge on any atom is -0.373 e. The average Bonchev–Trinajstić information content (AvgIpc) is 2.10. The van der Waals surface area contributed by atoms with E-state index in [1.807, 2.05) is 13.8 Å². The maximum absolute atomic E-state index is 12.4. The van der Waals surface area contributed by atoms with Gasteiger partial charge in [-0.3, -0.25) is 4.90 Å². The Morgan fingerprint density at radius 1 is 1.50 bits per heavy atom. The second-order valence-corrected chi connectivity index (χ2v) is 4.57. The predicted octanol–water partition coefficient (Wildman–Crippen LogP) is 1.80. The largest absolute Gasteiger partial charge is 0.405 e. The smallest absolute Gasteiger partial charge is 0.373 e. The molecule has 0 spiro atoms. The molecule has 1 unspecified atom stereocenters. The Balaban J connectivity index is 2.57. The van der Waals surface area contributed by atoms with E-state index in [2.05, 4.69) is 0 Å². The van der Waals surface area contributed by atoms with E-state index in [0.717, 1.165) is 0 Å². The van der Waals surface area contributed by atoms with E-state index in [0.29, 0.717) is 19.7 Å². The molecule has 1 fully saturated rings. The van der Waals surface area contributed by atoms with Gasteiger partial charge in [0.25, 0.3) is 0 Å². The van der Waals surface area contributed by atoms with Crippen LogP contribution in [0, 0.1) is 17.2 Å². The Bertz CT molecular complexity index is 283. The van der Waals surface area contributed by atoms with Crippen molar-refractivity contribution in [2.75, 3.05) is 26.2 Å². The highest BCUT2D eigenvalue weighted by molar-refractivity contribution is 4.92. The zero-order valence-electron chi connectivity index (χ0n) is 9.34. The molecule has 6 heteroatoms. The summed E-state index contributed by atoms with van der Waals surface area (Å²) in [6.07, 6.45) is -4.45. The zero-order valence-corrected chi connectivity index (χ0v) is 9.34. The van der Waals surface area contributed by atoms with Gasteiger partial charge < -0.3 is 4.74 Å². The quantitative estimate of drug-likeness (QED) is 0.733. The molecule has 0 aromatic rings. The third-order valence-corrected chi connectivity index (χ3v) is 2.50. The fraction of sp³-hybridized carbons (Fsp3) is 0.900. The minimum absolute atomic E-state index is 0.271. The Morgan fingerprint density at radius 2 is 2.12 bits per heavy atom. The number of halogens is 3. The van der Waals surface area contributed by atoms with Gasteiger partial charge in [0, 0.05) is 19.6 Å². The predicted molar refractivity (Wildman–Crippen MR) is 51.6 cm³/mol. The number of morpholine rings is 1. The Morgan fingerprint density at radius 3 is 2.56 bits per heavy atom. The lowest BCUT2D eigenvalue weighted by atomic mass is 10.1. The van der Waals surface area contributed by atoms with Crippen molar-refractivity contribution < 1.29 is 17.9 Å². The summed E-state index contributed by atoms with van der Waals surface area (Å²) >= 11 is 0. The van der Waals surface area contributed by atoms with Gasteiger partial charge in [0.15, 0.2) is 5.92 Å². The lowest BCUT2D eigenvalue weighted by Crippen LogP contribution is -2.50. The molecule has 0 aromatic heterocycles. The van der Waals surface area contributed by atoms with Crippen molar-refractivity contribution in [1.82, 2.24) is 4.90 Å². The van der Waals surface area contributed by atoms with Crippen LogP contribution in [0.2, 0.25) is 0 Å². The molecule has 0 amide bonds. The van der Waals surface area contributed by atoms with E-state index < -0.39 is 17.7 Å². The van der Waals surface area contributed by atoms with Crippen LogP contribution in [0.15, 0.2) is 0 Å². The molecule has 1 heterocycles. The second kappa shape index (κ2) is 4.60. The lowest BCUT2D eigenvalue weighted by molar-refractivity contribution is -0.170. The molecule has 1 atom stereocenters. The van der Waals surface area contributed by atoms with Crippen LogP contribution < -0.4 is 0 Å². The van der Waals surface area contributed by atoms with Gasteiger partial charge in [-0.05, 0) is 13.8 Å². The number of alkyl halides is 3. The van der Waals surface area contributed by atoms with E-state index in [1.54, 1.807) is 4.90 Å². The summed E-state index contributed by atoms with van der Waals surface area (Å²) in [6, 6.07) is 1.31. The van der Waals surface area contributed by atoms with Crippen LogP contribution in [0.25, 0.3) is 0 Å². The molecule has 16 heavy (non-hydrogen) atoms. The van der Waals surface area contributed by atoms with Gasteiger partial charge >= 0.3 is 6.18 Å². The zero-order chi connectivity index (χ0) is 12.4. The second-order valence-electron chi connectivity index (χ2n) is 4.57. The van der Waals surface area contributed by atoms with E-state index in [9.17, 15) is 13.2 Å². The van der Waals surface area contributed by atoms with Crippen molar-refractivity contribution in [1.29, 1.82) is 5.26 Å². The summed E-state index contributed by atoms with van der Waals surface area (Å²) < 4.78 is 42.6. The molecule has 1 saturated heterocycles. The summed E-state index contributed by atoms with van der Waals surface area (Å²) in [4.78, 5) is 1.63. The van der Waals surface area contributed by atoms with Crippen LogP contribution in [0.4, 0.5) is 13.2 Å². The molecule has 0 N–H and O–H groups in total. The summed E-state index contributed by atoms with van der Waals surface area (Å²) in [5.41, 5.74) is -0.441. The fourth-order valence-electron chi connectivity index (χ4n) is 1.75. The third-order valence-electron chi connectivity index (χ3n) is 2.50. The molecule has 0 radical (unpaired) electrons. The van der Waals surface area contributed by atoms with Gasteiger partial charge in [-0.2, -0.15) is 18.4 Å². The number of ether oxygens (including phenoxy) is 1. The van der Waals surface area contributed by atoms with E-state index in [-0.39, 0.29) is 6.54 Å². The van der Waals surface area contributed by atoms with Crippen LogP contribution in [0.3, 0.4) is 0 Å². The third kappa shape index (κ3) is 3.65. The molecular weight excluding hydrogens is 221 g/mol. The number of nitrogens with zero attached hydrogens (tertiary/aromatic N) is 2. The van der Waals surface area contributed by atoms with Gasteiger partial charge in [0.05, 0.1) is 18.3 Å². The van der Waals surface area contributed by atoms with Gasteiger partial charge in [-0.1, -0.05) is 0 Å². The van der Waals surface area contributed by atoms with Crippen molar-refractivity contribution in [3.63, 3.8) is 0 Å². The van der Waals surface area contributed by atoms with Crippen molar-refractivity contribution in [2.45, 2.75) is 25.6 Å². The van der Waals surface area contributed by atoms with Crippen molar-refractivity contribution in [2.24, 2.45) is 5.92 Å². The first-order chi connectivity index (χ1) is 7.24. The summed E-state index contributed by atoms with van der Waals surface area (Å²) in [5, 5.41) is 8.49. The van der Waals surface area contributed by atoms with Gasteiger partial charge in [-0.25, -0.2) is 0 Å². The highest BCUT2D eigenvalue weighted by Gasteiger charge is 2.42. The number of nitriles is 1. The Hall–Kier alpha value is -0.800. The van der Waals surface area contributed by atoms with Crippen LogP contribution in [0.1, 0.15) is 13.8 Å². The van der Waals surface area contributed by atoms with E-state index >= 15 is 0 Å². The first-order valence-corrected chi connectivity index (χ1v) is 5.07. The van der Waals surface area contributed by atoms with Gasteiger partial charge in [0.1, 0.15) is 0 Å². The first kappa shape index (κ1) is 13.3. The molecule has 92 valence electrons. The lowest BCUT2D eigenvalue weighted by Gasteiger charge is -2.38. The monoisotopic (exact) mass is 236 g/mol. The van der Waals surface area contributed by atoms with Crippen LogP contribution in [0.5, 0.6) is 0 Å². The molecule has 3 nitrogen and oxygen atoms in total. The molecule has 0 aromatic carbocycles. The molecule has 0 bridgehead atoms. The Labute approximate surface area is 92.8 Å². The molecular formula is C10H15F3N2O. The van der Waals surface area contributed by atoms with E-state index in [1.165, 1.54) is 6.07 Å². The van der Waals surface area contributed by atoms with Crippen LogP contribution in [-0.2, 0) is 4.74 Å². The average molecular weight is 236 g/mol. The highest BCUT2D eigenvalue weighted by Crippen LogP contribution is 2.27. The standard InChI is InChI=1S/C10H15F3N2O/c1-9(2)7-15(3-4-16-9)6-8(5-14)10(11,12)13/h8H,3-4,6-7H2,1-2H3. The summed E-state index contributed by atoms with van der Waals surface area (Å²) in [7, 11) is 0. The molecule has 1 aliphatic heterocycles. The number of rotatable bonds is 2. The SMILES string of the molecule is CC1(C)CN(CC(C#N)C(F)(F)F)CCO1. The van der Waals surface area contributed by atoms with Gasteiger partial charge in [0.2, 0.25) is 0 Å². The van der Waals surface area contributed by atoms with Crippen LogP contribution >= 0.6 is 0 Å². The molecule has 0 saturated carbocycles. The molecule has 1 aliphatic rings. The first-order valence-electron chi connectivity index (χ1n) is 5.07. The maximum atomic E-state index is 12.4. The normalized spacial score (nSPS) is 23.8. The fourth-order valence-corrected chi connectivity index (χ4v) is 1.75. The van der Waals surface area contributed by atoms with Gasteiger partial charge in [-0.15, -0.1) is 0 Å². The van der Waals surface area contributed by atoms with Crippen LogP contribution in [-0.4, -0.2) is 42.9 Å². The Kier molecular flexibility index (Phi) is 3.81. The van der Waals surface area contributed by atoms with E-state index in [4.69, 9.17) is 10.00 Å². The van der Waals surface area contributed by atoms with Crippen molar-refractivity contribution in [3.05, 3.63) is 0 Å². The summed E-state index contributed by atoms with van der Waals surface area (Å²) in [6.45, 7) is 4.65. The van der Waals surface area contributed by atoms with Crippen molar-refractivity contribution >= 4 is 0 Å². The molecule has 0 aliphatic carbocycles. The highest BCUT2D eigenvalue weighted by atomic mass is 19.4. The number of hydrogen-bond donors (Lipinski definition) is 0. The summed E-state index contributed by atoms with van der Waals surface area (Å²) in [5.74, 6) is -1.92. The van der Waals surface area contributed by atoms with Crippen molar-refractivity contribution in [3.8, 4) is 6.07 Å². The maximum Gasteiger partial charge on any atom is 0.405 e. The minimum atomic E-state index is -4.45. The number of hydrogen-bond acceptors (Lipinski definition) is 3. The topological polar surface area (TPSA) is 36.3 Å².